The third-order valence-corrected chi connectivity index (χ3v) is 13.6. The molecule has 0 atom stereocenters. The standard InChI is InChI=1S/2C26H31.C4H7F3Si.2ClH.Zr/c2*1-2-8-20-13-15-23(16-14-20)25-12-7-11-24-18-22(19-26(24)25)17-21-9-5-3-4-6-10-21;1-8-3-2-4(5,6)7;;;/h2*7,11-16,18-19,21H,2-6,8-10,17H2,1H3;2-3H2,1H3;2*1H;/q2*-1;;;;+4/p-2. The molecule has 0 N–H and O–H groups in total. The van der Waals surface area contributed by atoms with Crippen LogP contribution in [0.1, 0.15) is 132 Å². The maximum absolute atomic E-state index is 11.2. The Morgan fingerprint density at radius 3 is 1.29 bits per heavy atom. The van der Waals surface area contributed by atoms with Gasteiger partial charge < -0.3 is 0 Å². The first-order chi connectivity index (χ1) is 30.6. The molecule has 8 rings (SSSR count). The molecule has 336 valence electrons. The van der Waals surface area contributed by atoms with Gasteiger partial charge in [0.05, 0.1) is 0 Å². The maximum atomic E-state index is 11.2. The van der Waals surface area contributed by atoms with Crippen molar-refractivity contribution in [1.82, 2.24) is 0 Å². The summed E-state index contributed by atoms with van der Waals surface area (Å²) in [4.78, 5) is 0. The summed E-state index contributed by atoms with van der Waals surface area (Å²) in [7, 11) is 10.3. The van der Waals surface area contributed by atoms with Crippen LogP contribution in [0.15, 0.2) is 109 Å². The molecule has 6 aromatic carbocycles. The van der Waals surface area contributed by atoms with E-state index in [-0.39, 0.29) is 6.04 Å². The van der Waals surface area contributed by atoms with Gasteiger partial charge in [-0.15, -0.1) is 69.1 Å². The number of rotatable bonds is 12. The van der Waals surface area contributed by atoms with Gasteiger partial charge >= 0.3 is 44.1 Å². The molecule has 0 spiro atoms. The molecule has 0 aliphatic heterocycles. The molecule has 2 aliphatic carbocycles. The summed E-state index contributed by atoms with van der Waals surface area (Å²) in [5, 5.41) is 5.67. The van der Waals surface area contributed by atoms with Gasteiger partial charge in [-0.2, -0.15) is 25.3 Å². The Morgan fingerprint density at radius 1 is 0.587 bits per heavy atom. The number of aryl methyl sites for hydroxylation is 2. The fraction of sp³-hybridized carbons (Fsp3) is 0.464. The van der Waals surface area contributed by atoms with Crippen LogP contribution < -0.4 is 0 Å². The third-order valence-electron chi connectivity index (χ3n) is 12.9. The number of hydrogen-bond acceptors (Lipinski definition) is 0. The minimum atomic E-state index is -3.94. The van der Waals surface area contributed by atoms with Crippen molar-refractivity contribution in [3.05, 3.63) is 131 Å². The van der Waals surface area contributed by atoms with Gasteiger partial charge in [0.1, 0.15) is 0 Å². The second-order valence-electron chi connectivity index (χ2n) is 17.9. The minimum absolute atomic E-state index is 0.281. The van der Waals surface area contributed by atoms with E-state index < -0.39 is 33.4 Å². The van der Waals surface area contributed by atoms with E-state index in [0.717, 1.165) is 11.8 Å². The molecule has 63 heavy (non-hydrogen) atoms. The van der Waals surface area contributed by atoms with E-state index in [4.69, 9.17) is 17.0 Å². The Morgan fingerprint density at radius 2 is 0.968 bits per heavy atom. The molecule has 0 nitrogen and oxygen atoms in total. The molecule has 0 aromatic heterocycles. The second-order valence-corrected chi connectivity index (χ2v) is 22.8. The normalized spacial score (nSPS) is 14.9. The van der Waals surface area contributed by atoms with Crippen LogP contribution in [0, 0.1) is 11.8 Å². The predicted molar refractivity (Wildman–Crippen MR) is 267 cm³/mol. The zero-order valence-electron chi connectivity index (χ0n) is 38.1. The molecule has 0 unspecified atom stereocenters. The third kappa shape index (κ3) is 17.4. The van der Waals surface area contributed by atoms with Crippen LogP contribution in [-0.2, 0) is 46.5 Å². The number of alkyl halides is 3. The van der Waals surface area contributed by atoms with Gasteiger partial charge in [-0.25, -0.2) is 0 Å². The SMILES string of the molecule is CCCc1ccc(-c2cccc3[cH-]c(CC4CCCCCC4)cc23)cc1.CCCc1ccc(-c2cccc3[cH-]c(CC4CCCCCC4)cc23)cc1.C[Si]CCC(F)(F)F.[Cl][Zr+2][Cl]. The molecule has 2 aliphatic rings. The number of fused-ring (bicyclic) bond motifs is 2. The quantitative estimate of drug-likeness (QED) is 0.0651. The summed E-state index contributed by atoms with van der Waals surface area (Å²) in [6, 6.07) is 42.1. The van der Waals surface area contributed by atoms with Crippen LogP contribution in [0.25, 0.3) is 43.8 Å². The zero-order chi connectivity index (χ0) is 44.9. The topological polar surface area (TPSA) is 0 Å². The first kappa shape index (κ1) is 51.6. The monoisotopic (exact) mass is 986 g/mol. The summed E-state index contributed by atoms with van der Waals surface area (Å²) in [5.74, 6) is 1.79. The van der Waals surface area contributed by atoms with Gasteiger partial charge in [0.15, 0.2) is 0 Å². The number of hydrogen-bond donors (Lipinski definition) is 0. The number of halogens is 5. The molecule has 0 saturated heterocycles. The van der Waals surface area contributed by atoms with Crippen molar-refractivity contribution in [1.29, 1.82) is 0 Å². The van der Waals surface area contributed by atoms with Crippen molar-refractivity contribution in [2.45, 2.75) is 155 Å². The summed E-state index contributed by atoms with van der Waals surface area (Å²) in [6.45, 7) is 6.26. The van der Waals surface area contributed by atoms with E-state index in [1.807, 2.05) is 0 Å². The summed E-state index contributed by atoms with van der Waals surface area (Å²) >= 11 is -0.826. The van der Waals surface area contributed by atoms with Crippen LogP contribution >= 0.6 is 17.0 Å². The Kier molecular flexibility index (Phi) is 22.8. The Hall–Kier alpha value is -2.43. The number of benzene rings is 4. The first-order valence-corrected chi connectivity index (χ1v) is 31.9. The van der Waals surface area contributed by atoms with Crippen molar-refractivity contribution in [3.63, 3.8) is 0 Å². The Balaban J connectivity index is 0.000000193. The Labute approximate surface area is 399 Å². The fourth-order valence-electron chi connectivity index (χ4n) is 9.68. The summed E-state index contributed by atoms with van der Waals surface area (Å²) < 4.78 is 33.7. The van der Waals surface area contributed by atoms with E-state index in [9.17, 15) is 13.2 Å². The molecular weight excluding hydrogens is 920 g/mol. The van der Waals surface area contributed by atoms with Crippen molar-refractivity contribution in [2.24, 2.45) is 11.8 Å². The van der Waals surface area contributed by atoms with Gasteiger partial charge in [-0.05, 0) is 59.8 Å². The zero-order valence-corrected chi connectivity index (χ0v) is 43.0. The summed E-state index contributed by atoms with van der Waals surface area (Å²) in [6.07, 6.45) is 19.9. The van der Waals surface area contributed by atoms with Crippen molar-refractivity contribution in [3.8, 4) is 22.3 Å². The van der Waals surface area contributed by atoms with Gasteiger partial charge in [0, 0.05) is 15.9 Å². The van der Waals surface area contributed by atoms with Crippen LogP contribution in [0.2, 0.25) is 12.6 Å². The van der Waals surface area contributed by atoms with Crippen LogP contribution in [-0.4, -0.2) is 15.7 Å². The first-order valence-electron chi connectivity index (χ1n) is 23.9. The van der Waals surface area contributed by atoms with E-state index in [1.165, 1.54) is 171 Å². The van der Waals surface area contributed by atoms with Crippen molar-refractivity contribution < 1.29 is 34.0 Å². The van der Waals surface area contributed by atoms with E-state index in [1.54, 1.807) is 17.7 Å². The fourth-order valence-corrected chi connectivity index (χ4v) is 10.2. The van der Waals surface area contributed by atoms with Gasteiger partial charge in [0.25, 0.3) is 0 Å². The molecule has 7 heteroatoms. The van der Waals surface area contributed by atoms with Gasteiger partial charge in [0.2, 0.25) is 0 Å². The molecule has 6 aromatic rings. The molecule has 0 heterocycles. The van der Waals surface area contributed by atoms with Crippen LogP contribution in [0.5, 0.6) is 0 Å². The average molecular weight is 989 g/mol. The predicted octanol–water partition coefficient (Wildman–Crippen LogP) is 18.9. The van der Waals surface area contributed by atoms with E-state index in [0.29, 0.717) is 9.52 Å². The molecule has 2 saturated carbocycles. The molecular formula is C56H69Cl2F3SiZr. The van der Waals surface area contributed by atoms with E-state index >= 15 is 0 Å². The second kappa shape index (κ2) is 27.9. The van der Waals surface area contributed by atoms with Crippen molar-refractivity contribution in [2.75, 3.05) is 0 Å². The van der Waals surface area contributed by atoms with Gasteiger partial charge in [-0.1, -0.05) is 188 Å². The van der Waals surface area contributed by atoms with Crippen LogP contribution in [0.4, 0.5) is 13.2 Å². The average Bonchev–Trinajstić information content (AvgIpc) is 3.67. The molecule has 2 radical (unpaired) electrons. The van der Waals surface area contributed by atoms with Crippen molar-refractivity contribution >= 4 is 48.1 Å². The molecule has 0 bridgehead atoms. The van der Waals surface area contributed by atoms with E-state index in [2.05, 4.69) is 123 Å². The summed E-state index contributed by atoms with van der Waals surface area (Å²) in [5.41, 5.74) is 11.4. The molecule has 0 amide bonds. The van der Waals surface area contributed by atoms with Gasteiger partial charge in [-0.3, -0.25) is 0 Å². The Bertz CT molecular complexity index is 2010. The van der Waals surface area contributed by atoms with Crippen LogP contribution in [0.3, 0.4) is 0 Å². The molecule has 2 fully saturated rings.